The minimum Gasteiger partial charge on any atom is -0.493 e. The van der Waals surface area contributed by atoms with E-state index >= 15 is 0 Å². The summed E-state index contributed by atoms with van der Waals surface area (Å²) in [6.07, 6.45) is -5.19. The Morgan fingerprint density at radius 2 is 1.83 bits per heavy atom. The van der Waals surface area contributed by atoms with Crippen LogP contribution in [0, 0.1) is 0 Å². The summed E-state index contributed by atoms with van der Waals surface area (Å²) in [7, 11) is 1.54. The first-order chi connectivity index (χ1) is 17.0. The van der Waals surface area contributed by atoms with Crippen LogP contribution >= 0.6 is 0 Å². The van der Waals surface area contributed by atoms with E-state index in [4.69, 9.17) is 23.7 Å². The molecule has 4 aliphatic rings. The second-order valence-corrected chi connectivity index (χ2v) is 9.39. The molecule has 0 unspecified atom stereocenters. The zero-order chi connectivity index (χ0) is 24.3. The number of methoxy groups -OCH3 is 1. The Morgan fingerprint density at radius 3 is 2.60 bits per heavy atom. The zero-order valence-electron chi connectivity index (χ0n) is 19.3. The van der Waals surface area contributed by atoms with Crippen LogP contribution in [0.1, 0.15) is 28.3 Å². The molecule has 10 nitrogen and oxygen atoms in total. The van der Waals surface area contributed by atoms with Gasteiger partial charge >= 0.3 is 0 Å². The molecule has 35 heavy (non-hydrogen) atoms. The molecule has 4 N–H and O–H groups in total. The quantitative estimate of drug-likeness (QED) is 0.476. The van der Waals surface area contributed by atoms with Gasteiger partial charge in [0.1, 0.15) is 24.4 Å². The topological polar surface area (TPSA) is 130 Å². The molecule has 0 spiro atoms. The highest BCUT2D eigenvalue weighted by Crippen LogP contribution is 2.47. The third-order valence-electron chi connectivity index (χ3n) is 7.50. The van der Waals surface area contributed by atoms with E-state index in [9.17, 15) is 20.4 Å². The van der Waals surface area contributed by atoms with Gasteiger partial charge in [-0.3, -0.25) is 4.90 Å². The van der Waals surface area contributed by atoms with E-state index < -0.39 is 37.3 Å². The number of aliphatic hydroxyl groups is 4. The highest BCUT2D eigenvalue weighted by atomic mass is 16.7. The van der Waals surface area contributed by atoms with Gasteiger partial charge in [-0.25, -0.2) is 0 Å². The molecule has 0 aromatic heterocycles. The van der Waals surface area contributed by atoms with E-state index in [1.54, 1.807) is 0 Å². The van der Waals surface area contributed by atoms with E-state index in [1.807, 2.05) is 12.1 Å². The van der Waals surface area contributed by atoms with Crippen LogP contribution in [0.2, 0.25) is 0 Å². The molecule has 0 radical (unpaired) electrons. The van der Waals surface area contributed by atoms with Crippen molar-refractivity contribution in [2.75, 3.05) is 27.1 Å². The second kappa shape index (κ2) is 8.81. The minimum absolute atomic E-state index is 0.175. The molecule has 0 amide bonds. The summed E-state index contributed by atoms with van der Waals surface area (Å²) in [5.41, 5.74) is 4.50. The molecule has 2 aromatic rings. The Morgan fingerprint density at radius 1 is 1.03 bits per heavy atom. The molecular formula is C25H29NO9. The van der Waals surface area contributed by atoms with Crippen LogP contribution in [0.25, 0.3) is 0 Å². The molecule has 6 rings (SSSR count). The molecule has 0 aliphatic carbocycles. The van der Waals surface area contributed by atoms with Crippen LogP contribution in [0.5, 0.6) is 23.0 Å². The Kier molecular flexibility index (Phi) is 5.75. The number of nitrogens with zero attached hydrogens (tertiary/aromatic N) is 1. The van der Waals surface area contributed by atoms with Crippen LogP contribution in [0.3, 0.4) is 0 Å². The normalized spacial score (nSPS) is 31.3. The molecule has 0 bridgehead atoms. The number of benzene rings is 2. The number of hydrogen-bond acceptors (Lipinski definition) is 10. The van der Waals surface area contributed by atoms with Crippen molar-refractivity contribution in [3.8, 4) is 23.0 Å². The maximum Gasteiger partial charge on any atom is 0.231 e. The summed E-state index contributed by atoms with van der Waals surface area (Å²) in [6, 6.07) is 8.19. The van der Waals surface area contributed by atoms with Crippen LogP contribution < -0.4 is 18.9 Å². The van der Waals surface area contributed by atoms with Crippen molar-refractivity contribution in [3.05, 3.63) is 46.5 Å². The maximum atomic E-state index is 10.5. The van der Waals surface area contributed by atoms with Gasteiger partial charge < -0.3 is 44.1 Å². The van der Waals surface area contributed by atoms with Gasteiger partial charge in [-0.1, -0.05) is 6.07 Å². The fourth-order valence-corrected chi connectivity index (χ4v) is 5.57. The highest BCUT2D eigenvalue weighted by molar-refractivity contribution is 5.55. The van der Waals surface area contributed by atoms with Gasteiger partial charge in [0.15, 0.2) is 23.0 Å². The molecule has 4 heterocycles. The molecule has 0 saturated carbocycles. The number of aliphatic hydroxyl groups excluding tert-OH is 4. The Hall–Kier alpha value is -2.60. The maximum absolute atomic E-state index is 10.5. The smallest absolute Gasteiger partial charge is 0.231 e. The van der Waals surface area contributed by atoms with Gasteiger partial charge in [-0.15, -0.1) is 0 Å². The molecular weight excluding hydrogens is 458 g/mol. The number of rotatable bonds is 4. The summed E-state index contributed by atoms with van der Waals surface area (Å²) in [5.74, 6) is 2.47. The first kappa shape index (κ1) is 22.8. The Balaban J connectivity index is 1.33. The lowest BCUT2D eigenvalue weighted by Gasteiger charge is -2.43. The predicted octanol–water partition coefficient (Wildman–Crippen LogP) is 0.258. The van der Waals surface area contributed by atoms with E-state index in [0.29, 0.717) is 18.0 Å². The fraction of sp³-hybridized carbons (Fsp3) is 0.520. The van der Waals surface area contributed by atoms with Crippen molar-refractivity contribution < 1.29 is 44.1 Å². The number of hydrogen-bond donors (Lipinski definition) is 4. The number of ether oxygens (including phenoxy) is 5. The van der Waals surface area contributed by atoms with Gasteiger partial charge in [0, 0.05) is 24.7 Å². The summed E-state index contributed by atoms with van der Waals surface area (Å²) in [4.78, 5) is 2.38. The summed E-state index contributed by atoms with van der Waals surface area (Å²) in [5, 5.41) is 40.3. The minimum atomic E-state index is -1.52. The van der Waals surface area contributed by atoms with Crippen molar-refractivity contribution in [2.45, 2.75) is 56.1 Å². The molecule has 6 atom stereocenters. The van der Waals surface area contributed by atoms with Gasteiger partial charge in [-0.05, 0) is 47.7 Å². The standard InChI is InChI=1S/C25H29NO9/c1-31-17-3-2-12-6-16-14-8-19-18(32-11-33-19)7-13(14)4-5-26(16)9-15(12)24(17)35-25-23(30)22(29)21(28)20(10-27)34-25/h2-3,7-8,16,20-23,25,27-30H,4-6,9-11H2,1H3/t16-,20-,21-,22+,23-,25+/m1/s1. The van der Waals surface area contributed by atoms with Crippen LogP contribution in [-0.2, 0) is 24.1 Å². The van der Waals surface area contributed by atoms with Gasteiger partial charge in [-0.2, -0.15) is 0 Å². The second-order valence-electron chi connectivity index (χ2n) is 9.39. The largest absolute Gasteiger partial charge is 0.493 e. The van der Waals surface area contributed by atoms with Crippen LogP contribution in [0.4, 0.5) is 0 Å². The van der Waals surface area contributed by atoms with Crippen molar-refractivity contribution in [2.24, 2.45) is 0 Å². The van der Waals surface area contributed by atoms with Crippen molar-refractivity contribution >= 4 is 0 Å². The molecule has 4 aliphatic heterocycles. The lowest BCUT2D eigenvalue weighted by Crippen LogP contribution is -2.60. The molecule has 188 valence electrons. The van der Waals surface area contributed by atoms with E-state index in [0.717, 1.165) is 42.0 Å². The summed E-state index contributed by atoms with van der Waals surface area (Å²) < 4.78 is 28.4. The Bertz CT molecular complexity index is 1120. The molecule has 2 aromatic carbocycles. The first-order valence-electron chi connectivity index (χ1n) is 11.8. The predicted molar refractivity (Wildman–Crippen MR) is 121 cm³/mol. The SMILES string of the molecule is COc1ccc2c(c1O[C@@H]1O[C@H](CO)[C@@H](O)[C@H](O)[C@H]1O)CN1CCc3cc4c(cc3[C@H]1C2)OCO4. The molecule has 1 saturated heterocycles. The van der Waals surface area contributed by atoms with Gasteiger partial charge in [0.05, 0.1) is 13.7 Å². The third kappa shape index (κ3) is 3.72. The Labute approximate surface area is 202 Å². The first-order valence-corrected chi connectivity index (χ1v) is 11.8. The number of fused-ring (bicyclic) bond motifs is 5. The van der Waals surface area contributed by atoms with Crippen molar-refractivity contribution in [3.63, 3.8) is 0 Å². The van der Waals surface area contributed by atoms with E-state index in [2.05, 4.69) is 17.0 Å². The van der Waals surface area contributed by atoms with Crippen molar-refractivity contribution in [1.82, 2.24) is 4.90 Å². The third-order valence-corrected chi connectivity index (χ3v) is 7.50. The van der Waals surface area contributed by atoms with Gasteiger partial charge in [0.2, 0.25) is 13.1 Å². The monoisotopic (exact) mass is 487 g/mol. The fourth-order valence-electron chi connectivity index (χ4n) is 5.57. The summed E-state index contributed by atoms with van der Waals surface area (Å²) >= 11 is 0. The highest BCUT2D eigenvalue weighted by Gasteiger charge is 2.45. The van der Waals surface area contributed by atoms with Crippen LogP contribution in [0.15, 0.2) is 24.3 Å². The average molecular weight is 488 g/mol. The van der Waals surface area contributed by atoms with E-state index in [1.165, 1.54) is 18.2 Å². The van der Waals surface area contributed by atoms with E-state index in [-0.39, 0.29) is 12.8 Å². The molecule has 10 heteroatoms. The lowest BCUT2D eigenvalue weighted by atomic mass is 9.83. The lowest BCUT2D eigenvalue weighted by molar-refractivity contribution is -0.277. The molecule has 1 fully saturated rings. The zero-order valence-corrected chi connectivity index (χ0v) is 19.3. The average Bonchev–Trinajstić information content (AvgIpc) is 3.34. The van der Waals surface area contributed by atoms with Crippen LogP contribution in [-0.4, -0.2) is 83.1 Å². The summed E-state index contributed by atoms with van der Waals surface area (Å²) in [6.45, 7) is 1.17. The van der Waals surface area contributed by atoms with Gasteiger partial charge in [0.25, 0.3) is 0 Å². The van der Waals surface area contributed by atoms with Crippen molar-refractivity contribution in [1.29, 1.82) is 0 Å².